The van der Waals surface area contributed by atoms with Crippen molar-refractivity contribution in [3.05, 3.63) is 16.3 Å². The second kappa shape index (κ2) is 4.59. The predicted molar refractivity (Wildman–Crippen MR) is 65.2 cm³/mol. The van der Waals surface area contributed by atoms with Crippen molar-refractivity contribution in [2.45, 2.75) is 57.7 Å². The lowest BCUT2D eigenvalue weighted by atomic mass is 10.2. The van der Waals surface area contributed by atoms with E-state index in [1.807, 2.05) is 0 Å². The van der Waals surface area contributed by atoms with Crippen LogP contribution in [0.25, 0.3) is 0 Å². The third kappa shape index (κ3) is 2.32. The van der Waals surface area contributed by atoms with Gasteiger partial charge in [0, 0.05) is 19.0 Å². The van der Waals surface area contributed by atoms with Gasteiger partial charge in [-0.05, 0) is 25.7 Å². The van der Waals surface area contributed by atoms with Crippen LogP contribution in [0.3, 0.4) is 0 Å². The number of carbonyl (C=O) groups excluding carboxylic acids is 1. The van der Waals surface area contributed by atoms with Gasteiger partial charge in [0.15, 0.2) is 0 Å². The standard InChI is InChI=1S/C12H18N4O2/c17-11(13-9-5-6-9)8-16-12(18)15-7-3-1-2-4-10(15)14-16/h9H,1-8H2,(H,13,17). The Bertz CT molecular complexity index is 513. The summed E-state index contributed by atoms with van der Waals surface area (Å²) in [5.74, 6) is 0.726. The maximum absolute atomic E-state index is 12.1. The highest BCUT2D eigenvalue weighted by Gasteiger charge is 2.24. The molecule has 6 heteroatoms. The molecule has 1 saturated carbocycles. The van der Waals surface area contributed by atoms with Crippen molar-refractivity contribution in [2.24, 2.45) is 0 Å². The molecule has 1 N–H and O–H groups in total. The molecule has 0 saturated heterocycles. The van der Waals surface area contributed by atoms with E-state index in [2.05, 4.69) is 10.4 Å². The molecule has 1 amide bonds. The lowest BCUT2D eigenvalue weighted by molar-refractivity contribution is -0.122. The van der Waals surface area contributed by atoms with Crippen LogP contribution in [0.1, 0.15) is 37.9 Å². The largest absolute Gasteiger partial charge is 0.352 e. The summed E-state index contributed by atoms with van der Waals surface area (Å²) in [7, 11) is 0. The van der Waals surface area contributed by atoms with E-state index >= 15 is 0 Å². The number of rotatable bonds is 3. The van der Waals surface area contributed by atoms with Gasteiger partial charge in [-0.2, -0.15) is 5.10 Å². The molecule has 2 heterocycles. The summed E-state index contributed by atoms with van der Waals surface area (Å²) in [6.07, 6.45) is 6.19. The Morgan fingerprint density at radius 3 is 2.94 bits per heavy atom. The van der Waals surface area contributed by atoms with E-state index in [1.54, 1.807) is 4.57 Å². The number of fused-ring (bicyclic) bond motifs is 1. The summed E-state index contributed by atoms with van der Waals surface area (Å²) in [5.41, 5.74) is -0.141. The lowest BCUT2D eigenvalue weighted by Gasteiger charge is -2.02. The van der Waals surface area contributed by atoms with E-state index in [-0.39, 0.29) is 18.1 Å². The van der Waals surface area contributed by atoms with Crippen molar-refractivity contribution in [3.63, 3.8) is 0 Å². The molecule has 98 valence electrons. The first-order chi connectivity index (χ1) is 8.74. The Labute approximate surface area is 105 Å². The van der Waals surface area contributed by atoms with Crippen molar-refractivity contribution < 1.29 is 4.79 Å². The molecule has 0 atom stereocenters. The second-order valence-corrected chi connectivity index (χ2v) is 5.16. The Hall–Kier alpha value is -1.59. The molecule has 3 rings (SSSR count). The smallest absolute Gasteiger partial charge is 0.346 e. The molecule has 0 bridgehead atoms. The molecular formula is C12H18N4O2. The summed E-state index contributed by atoms with van der Waals surface area (Å²) < 4.78 is 3.02. The molecule has 1 aromatic rings. The van der Waals surface area contributed by atoms with Gasteiger partial charge in [0.25, 0.3) is 0 Å². The SMILES string of the molecule is O=C(Cn1nc2n(c1=O)CCCCC2)NC1CC1. The fourth-order valence-electron chi connectivity index (χ4n) is 2.37. The van der Waals surface area contributed by atoms with Gasteiger partial charge in [-0.1, -0.05) is 6.42 Å². The highest BCUT2D eigenvalue weighted by molar-refractivity contribution is 5.76. The molecule has 1 fully saturated rings. The third-order valence-corrected chi connectivity index (χ3v) is 3.52. The fourth-order valence-corrected chi connectivity index (χ4v) is 2.37. The van der Waals surface area contributed by atoms with Crippen molar-refractivity contribution in [2.75, 3.05) is 0 Å². The summed E-state index contributed by atoms with van der Waals surface area (Å²) in [5, 5.41) is 7.16. The van der Waals surface area contributed by atoms with E-state index in [0.29, 0.717) is 6.04 Å². The van der Waals surface area contributed by atoms with Crippen LogP contribution in [0.5, 0.6) is 0 Å². The van der Waals surface area contributed by atoms with Crippen LogP contribution in [-0.2, 0) is 24.3 Å². The Kier molecular flexibility index (Phi) is 2.93. The average Bonchev–Trinajstić information content (AvgIpc) is 3.11. The molecule has 0 radical (unpaired) electrons. The topological polar surface area (TPSA) is 68.9 Å². The van der Waals surface area contributed by atoms with Crippen LogP contribution in [0.15, 0.2) is 4.79 Å². The molecule has 1 aliphatic heterocycles. The molecule has 18 heavy (non-hydrogen) atoms. The fraction of sp³-hybridized carbons (Fsp3) is 0.750. The molecule has 0 aromatic carbocycles. The quantitative estimate of drug-likeness (QED) is 0.824. The highest BCUT2D eigenvalue weighted by atomic mass is 16.2. The van der Waals surface area contributed by atoms with Crippen LogP contribution in [0, 0.1) is 0 Å². The van der Waals surface area contributed by atoms with Gasteiger partial charge in [0.1, 0.15) is 12.4 Å². The van der Waals surface area contributed by atoms with Crippen molar-refractivity contribution in [3.8, 4) is 0 Å². The molecule has 2 aliphatic rings. The number of aryl methyl sites for hydroxylation is 1. The van der Waals surface area contributed by atoms with Crippen LogP contribution < -0.4 is 11.0 Å². The van der Waals surface area contributed by atoms with E-state index < -0.39 is 0 Å². The van der Waals surface area contributed by atoms with Crippen LogP contribution in [-0.4, -0.2) is 26.3 Å². The monoisotopic (exact) mass is 250 g/mol. The van der Waals surface area contributed by atoms with Gasteiger partial charge in [0.2, 0.25) is 5.91 Å². The second-order valence-electron chi connectivity index (χ2n) is 5.16. The van der Waals surface area contributed by atoms with E-state index in [4.69, 9.17) is 0 Å². The minimum absolute atomic E-state index is 0.0509. The first-order valence-electron chi connectivity index (χ1n) is 6.70. The molecule has 6 nitrogen and oxygen atoms in total. The number of nitrogens with one attached hydrogen (secondary N) is 1. The third-order valence-electron chi connectivity index (χ3n) is 3.52. The maximum atomic E-state index is 12.1. The average molecular weight is 250 g/mol. The van der Waals surface area contributed by atoms with Crippen LogP contribution in [0.4, 0.5) is 0 Å². The molecule has 0 spiro atoms. The van der Waals surface area contributed by atoms with Crippen LogP contribution in [0.2, 0.25) is 0 Å². The number of hydrogen-bond donors (Lipinski definition) is 1. The van der Waals surface area contributed by atoms with Gasteiger partial charge in [-0.25, -0.2) is 9.48 Å². The van der Waals surface area contributed by atoms with E-state index in [0.717, 1.165) is 50.9 Å². The van der Waals surface area contributed by atoms with Crippen molar-refractivity contribution in [1.82, 2.24) is 19.7 Å². The molecule has 1 aliphatic carbocycles. The van der Waals surface area contributed by atoms with E-state index in [9.17, 15) is 9.59 Å². The Morgan fingerprint density at radius 1 is 1.33 bits per heavy atom. The molecule has 1 aromatic heterocycles. The molecular weight excluding hydrogens is 232 g/mol. The lowest BCUT2D eigenvalue weighted by Crippen LogP contribution is -2.34. The van der Waals surface area contributed by atoms with Gasteiger partial charge in [-0.15, -0.1) is 0 Å². The van der Waals surface area contributed by atoms with E-state index in [1.165, 1.54) is 4.68 Å². The first kappa shape index (κ1) is 11.5. The molecule has 0 unspecified atom stereocenters. The maximum Gasteiger partial charge on any atom is 0.346 e. The number of aromatic nitrogens is 3. The van der Waals surface area contributed by atoms with Gasteiger partial charge in [-0.3, -0.25) is 9.36 Å². The van der Waals surface area contributed by atoms with Gasteiger partial charge < -0.3 is 5.32 Å². The Morgan fingerprint density at radius 2 is 2.17 bits per heavy atom. The minimum Gasteiger partial charge on any atom is -0.352 e. The number of hydrogen-bond acceptors (Lipinski definition) is 3. The van der Waals surface area contributed by atoms with Gasteiger partial charge >= 0.3 is 5.69 Å². The predicted octanol–water partition coefficient (Wildman–Crippen LogP) is 0.0498. The summed E-state index contributed by atoms with van der Waals surface area (Å²) in [4.78, 5) is 23.8. The summed E-state index contributed by atoms with van der Waals surface area (Å²) >= 11 is 0. The minimum atomic E-state index is -0.141. The van der Waals surface area contributed by atoms with Crippen molar-refractivity contribution in [1.29, 1.82) is 0 Å². The van der Waals surface area contributed by atoms with Gasteiger partial charge in [0.05, 0.1) is 0 Å². The van der Waals surface area contributed by atoms with Crippen molar-refractivity contribution >= 4 is 5.91 Å². The number of amides is 1. The first-order valence-corrected chi connectivity index (χ1v) is 6.70. The summed E-state index contributed by atoms with van der Waals surface area (Å²) in [6.45, 7) is 0.785. The van der Waals surface area contributed by atoms with Crippen LogP contribution >= 0.6 is 0 Å². The normalized spacial score (nSPS) is 19.1. The Balaban J connectivity index is 1.75. The highest BCUT2D eigenvalue weighted by Crippen LogP contribution is 2.18. The number of nitrogens with zero attached hydrogens (tertiary/aromatic N) is 3. The number of carbonyl (C=O) groups is 1. The summed E-state index contributed by atoms with van der Waals surface area (Å²) in [6, 6.07) is 0.327. The zero-order valence-electron chi connectivity index (χ0n) is 10.4. The zero-order chi connectivity index (χ0) is 12.5. The zero-order valence-corrected chi connectivity index (χ0v) is 10.4.